The molecule has 1 fully saturated rings. The number of alkyl halides is 10. The number of aliphatic imine (C=N–C) groups is 1. The smallest absolute Gasteiger partial charge is 0.264 e. The maximum Gasteiger partial charge on any atom is 0.264 e. The standard InChI is InChI=1S/C24H27F2N7.C12H11F2N.C11H11BrF2.C11H12F2.C10H7F2N.C10H7NO/c1-24(14-27)6-9-32(10-7-24)20-13-29-21-18(31-20)12-30-23(21)33-8-5-16(22(25)26)17-11-15(28-2)3-4-19(17)33;1-15-9-6-5-8-3-2-4-10(12(13)14)11(8)7-9;12-8-5-4-7-2-1-3-9(11(13)14)10(7)6-8;12-11(13)10-7-3-5-8-4-1-2-6-9(8)10;11-10(12)8-5-6-13-9-4-2-1-3-7(8)9;12-7-8-5-6-11-10-4-2-1-3-9(8)10/h3-4,11,13,16,22H,5-10,12,14,27H2,1H3;5-7,10,12H,2-4H2;4-6,9,11H,1-3H2;1-2,4,6,10-11H,3,5,7H2;1-6,10H;1-7H. The van der Waals surface area contributed by atoms with Gasteiger partial charge in [-0.1, -0.05) is 120 Å². The summed E-state index contributed by atoms with van der Waals surface area (Å²) in [4.78, 5) is 43.9. The zero-order valence-electron chi connectivity index (χ0n) is 55.0. The summed E-state index contributed by atoms with van der Waals surface area (Å²) in [5, 5.41) is 1.44. The van der Waals surface area contributed by atoms with Crippen molar-refractivity contribution in [3.63, 3.8) is 0 Å². The number of para-hydroxylation sites is 2. The molecule has 520 valence electrons. The summed E-state index contributed by atoms with van der Waals surface area (Å²) in [6, 6.07) is 41.0. The minimum atomic E-state index is -2.47. The van der Waals surface area contributed by atoms with Crippen LogP contribution in [-0.2, 0) is 25.8 Å². The van der Waals surface area contributed by atoms with E-state index in [0.717, 1.165) is 125 Å². The fourth-order valence-corrected chi connectivity index (χ4v) is 14.1. The van der Waals surface area contributed by atoms with Crippen LogP contribution < -0.4 is 15.5 Å². The van der Waals surface area contributed by atoms with Crippen LogP contribution in [0.25, 0.3) is 31.5 Å². The van der Waals surface area contributed by atoms with Crippen LogP contribution in [0, 0.1) is 18.6 Å². The van der Waals surface area contributed by atoms with Crippen molar-refractivity contribution in [2.24, 2.45) is 16.1 Å². The number of pyridine rings is 2. The molecular formula is C78H75BrF10N10O. The molecule has 9 aromatic rings. The number of aryl methyl sites for hydroxylation is 3. The number of nitrogens with two attached hydrogens (primary N) is 1. The fourth-order valence-electron chi connectivity index (χ4n) is 13.8. The average Bonchev–Trinajstić information content (AvgIpc) is 1.51. The highest BCUT2D eigenvalue weighted by molar-refractivity contribution is 9.10. The molecule has 6 heterocycles. The van der Waals surface area contributed by atoms with E-state index < -0.39 is 55.8 Å². The van der Waals surface area contributed by atoms with Gasteiger partial charge in [0.25, 0.3) is 6.43 Å². The molecule has 1 saturated heterocycles. The molecule has 0 saturated carbocycles. The van der Waals surface area contributed by atoms with Crippen LogP contribution in [0.4, 0.5) is 66.8 Å². The second kappa shape index (κ2) is 34.3. The molecule has 4 unspecified atom stereocenters. The molecule has 3 aromatic heterocycles. The van der Waals surface area contributed by atoms with Gasteiger partial charge in [-0.05, 0) is 170 Å². The lowest BCUT2D eigenvalue weighted by molar-refractivity contribution is 0.105. The van der Waals surface area contributed by atoms with Crippen LogP contribution >= 0.6 is 15.9 Å². The van der Waals surface area contributed by atoms with Gasteiger partial charge in [0.1, 0.15) is 11.5 Å². The summed E-state index contributed by atoms with van der Waals surface area (Å²) in [6.07, 6.45) is 3.48. The number of carbonyl (C=O) groups excluding carboxylic acids is 1. The van der Waals surface area contributed by atoms with Crippen LogP contribution in [-0.4, -0.2) is 83.9 Å². The minimum Gasteiger partial charge on any atom is -0.355 e. The van der Waals surface area contributed by atoms with Crippen molar-refractivity contribution in [2.45, 2.75) is 146 Å². The molecule has 0 amide bonds. The van der Waals surface area contributed by atoms with Gasteiger partial charge in [-0.15, -0.1) is 0 Å². The Balaban J connectivity index is 0.000000137. The summed E-state index contributed by atoms with van der Waals surface area (Å²) in [6.45, 7) is 19.7. The summed E-state index contributed by atoms with van der Waals surface area (Å²) in [7, 11) is 0. The minimum absolute atomic E-state index is 0.0469. The highest BCUT2D eigenvalue weighted by Crippen LogP contribution is 2.44. The van der Waals surface area contributed by atoms with Gasteiger partial charge in [0.05, 0.1) is 42.6 Å². The first-order chi connectivity index (χ1) is 48.3. The third kappa shape index (κ3) is 17.7. The predicted molar refractivity (Wildman–Crippen MR) is 376 cm³/mol. The van der Waals surface area contributed by atoms with Crippen molar-refractivity contribution in [1.82, 2.24) is 19.9 Å². The quantitative estimate of drug-likeness (QED) is 0.0907. The fraction of sp³-hybridized carbons (Fsp3) is 0.359. The maximum absolute atomic E-state index is 13.7. The number of amidine groups is 1. The Morgan fingerprint density at radius 2 is 1.11 bits per heavy atom. The Kier molecular flexibility index (Phi) is 25.2. The van der Waals surface area contributed by atoms with Gasteiger partial charge in [0, 0.05) is 87.8 Å². The van der Waals surface area contributed by atoms with Gasteiger partial charge in [0.15, 0.2) is 23.5 Å². The molecule has 6 aromatic carbocycles. The largest absolute Gasteiger partial charge is 0.355 e. The summed E-state index contributed by atoms with van der Waals surface area (Å²) in [5.41, 5.74) is 17.4. The Hall–Kier alpha value is -9.12. The molecule has 6 aliphatic rings. The number of halogens is 11. The number of aldehydes is 1. The van der Waals surface area contributed by atoms with E-state index in [9.17, 15) is 48.7 Å². The van der Waals surface area contributed by atoms with E-state index in [1.807, 2.05) is 77.7 Å². The molecule has 15 rings (SSSR count). The van der Waals surface area contributed by atoms with Crippen LogP contribution in [0.15, 0.2) is 168 Å². The molecule has 0 spiro atoms. The maximum atomic E-state index is 13.7. The number of benzene rings is 6. The highest BCUT2D eigenvalue weighted by atomic mass is 79.9. The van der Waals surface area contributed by atoms with Crippen LogP contribution in [0.5, 0.6) is 0 Å². The summed E-state index contributed by atoms with van der Waals surface area (Å²) < 4.78 is 129. The van der Waals surface area contributed by atoms with Crippen molar-refractivity contribution in [1.29, 1.82) is 0 Å². The van der Waals surface area contributed by atoms with E-state index in [1.165, 1.54) is 12.3 Å². The predicted octanol–water partition coefficient (Wildman–Crippen LogP) is 20.8. The van der Waals surface area contributed by atoms with Gasteiger partial charge >= 0.3 is 0 Å². The van der Waals surface area contributed by atoms with E-state index in [0.29, 0.717) is 102 Å². The number of aromatic nitrogens is 4. The van der Waals surface area contributed by atoms with E-state index >= 15 is 0 Å². The van der Waals surface area contributed by atoms with Crippen LogP contribution in [0.2, 0.25) is 0 Å². The SMILES string of the molecule is FC(F)C1CCCc2ccc(Br)cc21.FC(F)C1CCCc2ccccc21.FC(F)c1ccnc2ccccc12.O=Cc1ccnc2ccccc12.[C-]#[N+]c1ccc2c(c1)C(C(F)F)CCC2.[C-]#[N+]c1ccc2c(c1)C(C(F)F)CCN2C1=NCc2nc(N3CCC(C)(CN)CC3)cnc21. The lowest BCUT2D eigenvalue weighted by Crippen LogP contribution is -2.42. The monoisotopic (exact) mass is 1440 g/mol. The second-order valence-corrected chi connectivity index (χ2v) is 26.6. The molecule has 3 aliphatic carbocycles. The number of carbonyl (C=O) groups is 1. The lowest BCUT2D eigenvalue weighted by atomic mass is 9.80. The first kappa shape index (κ1) is 73.6. The number of hydrogen-bond acceptors (Lipinski definition) is 9. The van der Waals surface area contributed by atoms with Crippen molar-refractivity contribution in [3.8, 4) is 0 Å². The van der Waals surface area contributed by atoms with Crippen LogP contribution in [0.3, 0.4) is 0 Å². The zero-order valence-corrected chi connectivity index (χ0v) is 56.6. The number of fused-ring (bicyclic) bond motifs is 7. The number of nitrogens with zero attached hydrogens (tertiary/aromatic N) is 9. The molecule has 4 atom stereocenters. The van der Waals surface area contributed by atoms with Crippen molar-refractivity contribution in [2.75, 3.05) is 36.0 Å². The third-order valence-electron chi connectivity index (χ3n) is 19.4. The van der Waals surface area contributed by atoms with Gasteiger partial charge in [-0.25, -0.2) is 63.6 Å². The molecule has 0 bridgehead atoms. The van der Waals surface area contributed by atoms with Gasteiger partial charge in [-0.3, -0.25) is 19.8 Å². The summed E-state index contributed by atoms with van der Waals surface area (Å²) >= 11 is 3.32. The van der Waals surface area contributed by atoms with Gasteiger partial charge < -0.3 is 15.5 Å². The van der Waals surface area contributed by atoms with E-state index in [1.54, 1.807) is 73.1 Å². The topological polar surface area (TPSA) is 122 Å². The molecule has 2 N–H and O–H groups in total. The van der Waals surface area contributed by atoms with E-state index in [4.69, 9.17) is 33.8 Å². The summed E-state index contributed by atoms with van der Waals surface area (Å²) in [5.74, 6) is -1.12. The Morgan fingerprint density at radius 3 is 1.71 bits per heavy atom. The Morgan fingerprint density at radius 1 is 0.590 bits per heavy atom. The van der Waals surface area contributed by atoms with Crippen molar-refractivity contribution >= 4 is 72.7 Å². The highest BCUT2D eigenvalue weighted by Gasteiger charge is 2.37. The Labute approximate surface area is 583 Å². The van der Waals surface area contributed by atoms with Gasteiger partial charge in [0.2, 0.25) is 25.7 Å². The first-order valence-electron chi connectivity index (χ1n) is 33.4. The molecule has 11 nitrogen and oxygen atoms in total. The number of rotatable bonds is 8. The lowest BCUT2D eigenvalue weighted by Gasteiger charge is -2.39. The molecule has 0 radical (unpaired) electrons. The van der Waals surface area contributed by atoms with Gasteiger partial charge in [-0.2, -0.15) is 0 Å². The molecule has 3 aliphatic heterocycles. The van der Waals surface area contributed by atoms with Crippen molar-refractivity contribution in [3.05, 3.63) is 247 Å². The van der Waals surface area contributed by atoms with Crippen LogP contribution in [0.1, 0.15) is 161 Å². The van der Waals surface area contributed by atoms with E-state index in [-0.39, 0.29) is 11.0 Å². The number of hydrogen-bond donors (Lipinski definition) is 1. The second-order valence-electron chi connectivity index (χ2n) is 25.7. The Bertz CT molecular complexity index is 4390. The normalized spacial score (nSPS) is 18.4. The molecule has 22 heteroatoms. The van der Waals surface area contributed by atoms with E-state index in [2.05, 4.69) is 47.4 Å². The first-order valence-corrected chi connectivity index (χ1v) is 34.2. The molecule has 100 heavy (non-hydrogen) atoms. The zero-order chi connectivity index (χ0) is 71.0. The number of piperidine rings is 1. The average molecular weight is 1440 g/mol. The van der Waals surface area contributed by atoms with Crippen molar-refractivity contribution < 1.29 is 48.7 Å². The third-order valence-corrected chi connectivity index (χ3v) is 19.9. The molecular weight excluding hydrogens is 1360 g/mol. The number of anilines is 2.